The van der Waals surface area contributed by atoms with Crippen LogP contribution in [-0.2, 0) is 21.4 Å². The highest BCUT2D eigenvalue weighted by molar-refractivity contribution is 7.90. The van der Waals surface area contributed by atoms with E-state index in [-0.39, 0.29) is 10.9 Å². The molecule has 0 bridgehead atoms. The van der Waals surface area contributed by atoms with Crippen molar-refractivity contribution in [2.45, 2.75) is 65.3 Å². The number of sulfonamides is 1. The van der Waals surface area contributed by atoms with Crippen molar-refractivity contribution in [3.63, 3.8) is 0 Å². The maximum atomic E-state index is 12.2. The first kappa shape index (κ1) is 27.6. The largest absolute Gasteiger partial charge is 0.493 e. The summed E-state index contributed by atoms with van der Waals surface area (Å²) >= 11 is 12.8. The van der Waals surface area contributed by atoms with Gasteiger partial charge in [-0.15, -0.1) is 0 Å². The van der Waals surface area contributed by atoms with Crippen molar-refractivity contribution in [3.05, 3.63) is 51.5 Å². The molecule has 0 saturated heterocycles. The van der Waals surface area contributed by atoms with E-state index in [9.17, 15) is 13.2 Å². The Morgan fingerprint density at radius 1 is 1.26 bits per heavy atom. The molecule has 192 valence electrons. The maximum Gasteiger partial charge on any atom is 0.257 e. The average Bonchev–Trinajstić information content (AvgIpc) is 3.40. The van der Waals surface area contributed by atoms with Gasteiger partial charge in [0, 0.05) is 11.1 Å². The number of unbranched alkanes of at least 4 members (excludes halogenated alkanes) is 2. The average molecular weight is 543 g/mol. The van der Waals surface area contributed by atoms with E-state index in [4.69, 9.17) is 27.9 Å². The lowest BCUT2D eigenvalue weighted by Crippen LogP contribution is -2.31. The third-order valence-electron chi connectivity index (χ3n) is 6.13. The molecule has 0 radical (unpaired) electrons. The smallest absolute Gasteiger partial charge is 0.257 e. The monoisotopic (exact) mass is 541 g/mol. The number of imidazole rings is 1. The van der Waals surface area contributed by atoms with Gasteiger partial charge in [0.05, 0.1) is 24.6 Å². The molecule has 2 aromatic rings. The Bertz CT molecular complexity index is 1160. The second-order valence-electron chi connectivity index (χ2n) is 8.96. The molecule has 10 heteroatoms. The van der Waals surface area contributed by atoms with Crippen molar-refractivity contribution < 1.29 is 17.9 Å². The quantitative estimate of drug-likeness (QED) is 0.272. The number of aryl methyl sites for hydroxylation is 1. The van der Waals surface area contributed by atoms with Gasteiger partial charge >= 0.3 is 0 Å². The fraction of sp³-hybridized carbons (Fsp3) is 0.520. The van der Waals surface area contributed by atoms with Crippen molar-refractivity contribution in [1.82, 2.24) is 14.3 Å². The molecule has 1 aromatic heterocycles. The van der Waals surface area contributed by atoms with Crippen LogP contribution in [0, 0.1) is 12.8 Å². The molecule has 1 amide bonds. The summed E-state index contributed by atoms with van der Waals surface area (Å²) in [6.07, 6.45) is 9.77. The number of ether oxygens (including phenoxy) is 1. The summed E-state index contributed by atoms with van der Waals surface area (Å²) in [6.45, 7) is 4.87. The van der Waals surface area contributed by atoms with E-state index in [2.05, 4.69) is 9.71 Å². The Kier molecular flexibility index (Phi) is 10.1. The van der Waals surface area contributed by atoms with Crippen LogP contribution in [0.25, 0.3) is 6.08 Å². The zero-order valence-electron chi connectivity index (χ0n) is 20.2. The highest BCUT2D eigenvalue weighted by Gasteiger charge is 2.17. The number of hydrogen-bond acceptors (Lipinski definition) is 5. The summed E-state index contributed by atoms with van der Waals surface area (Å²) in [7, 11) is -3.68. The molecule has 0 atom stereocenters. The third kappa shape index (κ3) is 8.26. The van der Waals surface area contributed by atoms with Gasteiger partial charge in [-0.05, 0) is 55.9 Å². The van der Waals surface area contributed by atoms with Crippen LogP contribution in [0.2, 0.25) is 10.2 Å². The molecule has 1 saturated carbocycles. The standard InChI is InChI=1S/C25H33Cl2N3O4S/c1-3-4-7-14-35(32,33)29-24(31)13-12-23-25(27)28-18(2)30(23)16-20-10-11-21(15-22(20)26)34-17-19-8-5-6-9-19/h10-13,15,19H,3-9,14,16-17H2,1-2H3,(H,29,31)/b13-12+. The number of benzene rings is 1. The molecular weight excluding hydrogens is 509 g/mol. The zero-order valence-corrected chi connectivity index (χ0v) is 22.6. The van der Waals surface area contributed by atoms with Gasteiger partial charge in [-0.2, -0.15) is 0 Å². The second-order valence-corrected chi connectivity index (χ2v) is 11.6. The Labute approximate surface area is 217 Å². The van der Waals surface area contributed by atoms with Gasteiger partial charge in [-0.25, -0.2) is 18.1 Å². The number of nitrogens with one attached hydrogen (secondary N) is 1. The zero-order chi connectivity index (χ0) is 25.4. The molecule has 1 N–H and O–H groups in total. The lowest BCUT2D eigenvalue weighted by atomic mass is 10.1. The van der Waals surface area contributed by atoms with Crippen molar-refractivity contribution >= 4 is 45.2 Å². The number of nitrogens with zero attached hydrogens (tertiary/aromatic N) is 2. The third-order valence-corrected chi connectivity index (χ3v) is 8.10. The van der Waals surface area contributed by atoms with Gasteiger partial charge in [-0.1, -0.05) is 61.9 Å². The molecule has 7 nitrogen and oxygen atoms in total. The summed E-state index contributed by atoms with van der Waals surface area (Å²) in [5.41, 5.74) is 1.33. The summed E-state index contributed by atoms with van der Waals surface area (Å²) in [5, 5.41) is 0.772. The van der Waals surface area contributed by atoms with Crippen molar-refractivity contribution in [3.8, 4) is 5.75 Å². The van der Waals surface area contributed by atoms with E-state index in [1.807, 2.05) is 29.7 Å². The van der Waals surface area contributed by atoms with E-state index in [0.29, 0.717) is 42.0 Å². The van der Waals surface area contributed by atoms with Gasteiger partial charge in [0.2, 0.25) is 10.0 Å². The summed E-state index contributed by atoms with van der Waals surface area (Å²) in [5.74, 6) is 1.17. The van der Waals surface area contributed by atoms with Gasteiger partial charge in [0.25, 0.3) is 5.91 Å². The molecule has 3 rings (SSSR count). The maximum absolute atomic E-state index is 12.2. The Morgan fingerprint density at radius 3 is 2.69 bits per heavy atom. The predicted octanol–water partition coefficient (Wildman–Crippen LogP) is 5.77. The number of carbonyl (C=O) groups is 1. The normalized spacial score (nSPS) is 14.6. The molecule has 1 aromatic carbocycles. The highest BCUT2D eigenvalue weighted by atomic mass is 35.5. The van der Waals surface area contributed by atoms with Crippen molar-refractivity contribution in [2.75, 3.05) is 12.4 Å². The van der Waals surface area contributed by atoms with Crippen LogP contribution in [0.1, 0.15) is 69.0 Å². The molecule has 1 aliphatic rings. The van der Waals surface area contributed by atoms with Crippen LogP contribution in [0.3, 0.4) is 0 Å². The molecule has 0 spiro atoms. The fourth-order valence-corrected chi connectivity index (χ4v) is 5.72. The van der Waals surface area contributed by atoms with Gasteiger partial charge in [0.15, 0.2) is 5.15 Å². The first-order chi connectivity index (χ1) is 16.7. The SMILES string of the molecule is CCCCCS(=O)(=O)NC(=O)/C=C/c1c(Cl)nc(C)n1Cc1ccc(OCC2CCCC2)cc1Cl. The highest BCUT2D eigenvalue weighted by Crippen LogP contribution is 2.29. The molecule has 35 heavy (non-hydrogen) atoms. The van der Waals surface area contributed by atoms with Gasteiger partial charge < -0.3 is 9.30 Å². The van der Waals surface area contributed by atoms with E-state index < -0.39 is 15.9 Å². The minimum Gasteiger partial charge on any atom is -0.493 e. The van der Waals surface area contributed by atoms with E-state index in [1.54, 1.807) is 6.92 Å². The van der Waals surface area contributed by atoms with E-state index >= 15 is 0 Å². The Balaban J connectivity index is 1.67. The van der Waals surface area contributed by atoms with E-state index in [1.165, 1.54) is 31.8 Å². The number of halogens is 2. The predicted molar refractivity (Wildman–Crippen MR) is 140 cm³/mol. The lowest BCUT2D eigenvalue weighted by molar-refractivity contribution is -0.114. The minimum absolute atomic E-state index is 0.0862. The Morgan fingerprint density at radius 2 is 2.00 bits per heavy atom. The Hall–Kier alpha value is -2.03. The van der Waals surface area contributed by atoms with Crippen molar-refractivity contribution in [2.24, 2.45) is 5.92 Å². The van der Waals surface area contributed by atoms with Crippen LogP contribution in [0.15, 0.2) is 24.3 Å². The van der Waals surface area contributed by atoms with Crippen molar-refractivity contribution in [1.29, 1.82) is 0 Å². The molecule has 0 aliphatic heterocycles. The van der Waals surface area contributed by atoms with Crippen LogP contribution in [0.5, 0.6) is 5.75 Å². The summed E-state index contributed by atoms with van der Waals surface area (Å²) in [6, 6.07) is 5.62. The second kappa shape index (κ2) is 12.8. The van der Waals surface area contributed by atoms with Crippen LogP contribution < -0.4 is 9.46 Å². The molecular formula is C25H33Cl2N3O4S. The number of aromatic nitrogens is 2. The van der Waals surface area contributed by atoms with Crippen LogP contribution in [0.4, 0.5) is 0 Å². The molecule has 0 unspecified atom stereocenters. The first-order valence-electron chi connectivity index (χ1n) is 12.0. The van der Waals surface area contributed by atoms with E-state index in [0.717, 1.165) is 30.2 Å². The number of amides is 1. The fourth-order valence-electron chi connectivity index (χ4n) is 4.15. The van der Waals surface area contributed by atoms with Crippen LogP contribution >= 0.6 is 23.2 Å². The van der Waals surface area contributed by atoms with Gasteiger partial charge in [0.1, 0.15) is 11.6 Å². The number of carbonyl (C=O) groups excluding carboxylic acids is 1. The number of hydrogen-bond donors (Lipinski definition) is 1. The topological polar surface area (TPSA) is 90.3 Å². The summed E-state index contributed by atoms with van der Waals surface area (Å²) < 4.78 is 33.9. The lowest BCUT2D eigenvalue weighted by Gasteiger charge is -2.14. The number of rotatable bonds is 12. The first-order valence-corrected chi connectivity index (χ1v) is 14.5. The molecule has 1 heterocycles. The summed E-state index contributed by atoms with van der Waals surface area (Å²) in [4.78, 5) is 16.5. The van der Waals surface area contributed by atoms with Crippen LogP contribution in [-0.4, -0.2) is 36.2 Å². The molecule has 1 fully saturated rings. The van der Waals surface area contributed by atoms with Gasteiger partial charge in [-0.3, -0.25) is 4.79 Å². The minimum atomic E-state index is -3.68. The molecule has 1 aliphatic carbocycles.